The van der Waals surface area contributed by atoms with Gasteiger partial charge in [-0.3, -0.25) is 0 Å². The largest absolute Gasteiger partial charge is 0.574 e. The topological polar surface area (TPSA) is 48.1 Å². The maximum Gasteiger partial charge on any atom is 0.574 e. The molecule has 0 saturated heterocycles. The molecule has 8 heteroatoms. The number of nitrogens with two attached hydrogens (primary N) is 1. The van der Waals surface area contributed by atoms with E-state index in [2.05, 4.69) is 25.7 Å². The fourth-order valence-corrected chi connectivity index (χ4v) is 1.21. The normalized spacial score (nSPS) is 11.5. The van der Waals surface area contributed by atoms with E-state index in [9.17, 15) is 13.2 Å². The summed E-state index contributed by atoms with van der Waals surface area (Å²) in [6.07, 6.45) is -4.84. The van der Waals surface area contributed by atoms with E-state index >= 15 is 0 Å². The second-order valence-corrected chi connectivity index (χ2v) is 3.39. The van der Waals surface area contributed by atoms with Crippen LogP contribution in [0.2, 0.25) is 5.02 Å². The minimum Gasteiger partial charge on any atom is -0.397 e. The molecule has 0 aromatic carbocycles. The van der Waals surface area contributed by atoms with Gasteiger partial charge in [-0.25, -0.2) is 4.98 Å². The highest BCUT2D eigenvalue weighted by Gasteiger charge is 2.33. The Labute approximate surface area is 90.1 Å². The van der Waals surface area contributed by atoms with E-state index in [0.717, 1.165) is 0 Å². The molecule has 0 aliphatic carbocycles. The first-order chi connectivity index (χ1) is 6.29. The van der Waals surface area contributed by atoms with Gasteiger partial charge in [0.25, 0.3) is 0 Å². The number of rotatable bonds is 1. The van der Waals surface area contributed by atoms with E-state index in [1.54, 1.807) is 0 Å². The Bertz CT molecular complexity index is 358. The first kappa shape index (κ1) is 11.4. The van der Waals surface area contributed by atoms with Gasteiger partial charge in [-0.05, 0) is 22.0 Å². The summed E-state index contributed by atoms with van der Waals surface area (Å²) in [5.74, 6) is -0.772. The van der Waals surface area contributed by atoms with Gasteiger partial charge in [-0.1, -0.05) is 11.6 Å². The number of pyridine rings is 1. The van der Waals surface area contributed by atoms with Gasteiger partial charge in [0.15, 0.2) is 0 Å². The Morgan fingerprint density at radius 1 is 1.50 bits per heavy atom. The van der Waals surface area contributed by atoms with Crippen molar-refractivity contribution in [1.29, 1.82) is 0 Å². The molecule has 0 saturated carbocycles. The number of nitrogens with zero attached hydrogens (tertiary/aromatic N) is 1. The van der Waals surface area contributed by atoms with Crippen molar-refractivity contribution in [3.05, 3.63) is 15.7 Å². The number of hydrogen-bond acceptors (Lipinski definition) is 3. The minimum absolute atomic E-state index is 0.0483. The molecule has 0 atom stereocenters. The summed E-state index contributed by atoms with van der Waals surface area (Å²) >= 11 is 8.30. The molecule has 0 radical (unpaired) electrons. The van der Waals surface area contributed by atoms with Gasteiger partial charge in [0.05, 0.1) is 5.69 Å². The molecule has 14 heavy (non-hydrogen) atoms. The summed E-state index contributed by atoms with van der Waals surface area (Å²) in [5.41, 5.74) is 5.24. The monoisotopic (exact) mass is 290 g/mol. The van der Waals surface area contributed by atoms with E-state index < -0.39 is 12.2 Å². The van der Waals surface area contributed by atoms with E-state index in [4.69, 9.17) is 17.3 Å². The molecule has 0 fully saturated rings. The third-order valence-electron chi connectivity index (χ3n) is 1.14. The Morgan fingerprint density at radius 2 is 2.07 bits per heavy atom. The first-order valence-electron chi connectivity index (χ1n) is 3.17. The van der Waals surface area contributed by atoms with Crippen molar-refractivity contribution >= 4 is 33.2 Å². The van der Waals surface area contributed by atoms with Crippen LogP contribution in [0.3, 0.4) is 0 Å². The van der Waals surface area contributed by atoms with Crippen molar-refractivity contribution in [3.8, 4) is 5.88 Å². The molecule has 0 unspecified atom stereocenters. The molecule has 1 aromatic heterocycles. The van der Waals surface area contributed by atoms with Gasteiger partial charge >= 0.3 is 6.36 Å². The summed E-state index contributed by atoms with van der Waals surface area (Å²) in [6.45, 7) is 0. The van der Waals surface area contributed by atoms with Gasteiger partial charge in [0.1, 0.15) is 9.63 Å². The van der Waals surface area contributed by atoms with E-state index in [0.29, 0.717) is 0 Å². The molecule has 0 amide bonds. The summed E-state index contributed by atoms with van der Waals surface area (Å²) in [6, 6.07) is 1.27. The van der Waals surface area contributed by atoms with Crippen LogP contribution in [-0.2, 0) is 0 Å². The number of aromatic nitrogens is 1. The standard InChI is InChI=1S/C6H3BrClF3N2O/c7-3-1-2(12)4(8)5(13-3)14-6(9,10)11/h1H,(H2,12,13). The summed E-state index contributed by atoms with van der Waals surface area (Å²) in [5, 5.41) is -0.370. The molecule has 0 bridgehead atoms. The molecule has 3 nitrogen and oxygen atoms in total. The quantitative estimate of drug-likeness (QED) is 0.809. The summed E-state index contributed by atoms with van der Waals surface area (Å²) in [4.78, 5) is 3.38. The second-order valence-electron chi connectivity index (χ2n) is 2.20. The zero-order valence-electron chi connectivity index (χ0n) is 6.40. The van der Waals surface area contributed by atoms with Crippen molar-refractivity contribution in [1.82, 2.24) is 4.98 Å². The highest BCUT2D eigenvalue weighted by atomic mass is 79.9. The maximum atomic E-state index is 11.8. The molecule has 2 N–H and O–H groups in total. The Kier molecular flexibility index (Phi) is 3.10. The van der Waals surface area contributed by atoms with Crippen LogP contribution in [0.15, 0.2) is 10.7 Å². The highest BCUT2D eigenvalue weighted by Crippen LogP contribution is 2.33. The lowest BCUT2D eigenvalue weighted by Gasteiger charge is -2.10. The maximum absolute atomic E-state index is 11.8. The molecule has 78 valence electrons. The van der Waals surface area contributed by atoms with Crippen LogP contribution in [0.25, 0.3) is 0 Å². The third-order valence-corrected chi connectivity index (χ3v) is 1.92. The van der Waals surface area contributed by atoms with Crippen LogP contribution in [0.1, 0.15) is 0 Å². The van der Waals surface area contributed by atoms with Gasteiger partial charge in [0.2, 0.25) is 5.88 Å². The molecule has 1 aromatic rings. The fourth-order valence-electron chi connectivity index (χ4n) is 0.671. The van der Waals surface area contributed by atoms with Crippen molar-refractivity contribution in [2.24, 2.45) is 0 Å². The molecule has 0 aliphatic heterocycles. The van der Waals surface area contributed by atoms with Gasteiger partial charge in [-0.15, -0.1) is 13.2 Å². The third kappa shape index (κ3) is 2.91. The predicted molar refractivity (Wildman–Crippen MR) is 48.0 cm³/mol. The zero-order chi connectivity index (χ0) is 10.9. The number of alkyl halides is 3. The average molecular weight is 291 g/mol. The molecule has 0 spiro atoms. The summed E-state index contributed by atoms with van der Waals surface area (Å²) in [7, 11) is 0. The Morgan fingerprint density at radius 3 is 2.57 bits per heavy atom. The Balaban J connectivity index is 3.09. The van der Waals surface area contributed by atoms with E-state index in [1.165, 1.54) is 6.07 Å². The van der Waals surface area contributed by atoms with Crippen molar-refractivity contribution in [2.75, 3.05) is 5.73 Å². The lowest BCUT2D eigenvalue weighted by molar-refractivity contribution is -0.276. The van der Waals surface area contributed by atoms with Gasteiger partial charge in [-0.2, -0.15) is 0 Å². The number of nitrogen functional groups attached to an aromatic ring is 1. The van der Waals surface area contributed by atoms with Crippen molar-refractivity contribution < 1.29 is 17.9 Å². The van der Waals surface area contributed by atoms with Gasteiger partial charge < -0.3 is 10.5 Å². The number of anilines is 1. The van der Waals surface area contributed by atoms with Gasteiger partial charge in [0, 0.05) is 0 Å². The average Bonchev–Trinajstić information content (AvgIpc) is 1.96. The van der Waals surface area contributed by atoms with Crippen molar-refractivity contribution in [2.45, 2.75) is 6.36 Å². The minimum atomic E-state index is -4.84. The van der Waals surface area contributed by atoms with E-state index in [1.807, 2.05) is 0 Å². The SMILES string of the molecule is Nc1cc(Br)nc(OC(F)(F)F)c1Cl. The number of halogens is 5. The number of ether oxygens (including phenoxy) is 1. The van der Waals surface area contributed by atoms with Crippen LogP contribution in [0.4, 0.5) is 18.9 Å². The number of hydrogen-bond donors (Lipinski definition) is 1. The molecule has 1 heterocycles. The van der Waals surface area contributed by atoms with Crippen molar-refractivity contribution in [3.63, 3.8) is 0 Å². The molecular weight excluding hydrogens is 288 g/mol. The summed E-state index contributed by atoms with van der Waals surface area (Å²) < 4.78 is 39.1. The first-order valence-corrected chi connectivity index (χ1v) is 4.34. The fraction of sp³-hybridized carbons (Fsp3) is 0.167. The smallest absolute Gasteiger partial charge is 0.397 e. The zero-order valence-corrected chi connectivity index (χ0v) is 8.74. The van der Waals surface area contributed by atoms with E-state index in [-0.39, 0.29) is 15.3 Å². The van der Waals surface area contributed by atoms with Crippen LogP contribution in [-0.4, -0.2) is 11.3 Å². The Hall–Kier alpha value is -0.690. The van der Waals surface area contributed by atoms with Crippen LogP contribution in [0, 0.1) is 0 Å². The van der Waals surface area contributed by atoms with Crippen LogP contribution in [0.5, 0.6) is 5.88 Å². The molecular formula is C6H3BrClF3N2O. The lowest BCUT2D eigenvalue weighted by atomic mass is 10.4. The van der Waals surface area contributed by atoms with Crippen LogP contribution < -0.4 is 10.5 Å². The highest BCUT2D eigenvalue weighted by molar-refractivity contribution is 9.10. The lowest BCUT2D eigenvalue weighted by Crippen LogP contribution is -2.18. The molecule has 1 rings (SSSR count). The second kappa shape index (κ2) is 3.82. The van der Waals surface area contributed by atoms with Crippen LogP contribution >= 0.6 is 27.5 Å². The molecule has 0 aliphatic rings. The predicted octanol–water partition coefficient (Wildman–Crippen LogP) is 2.98.